The van der Waals surface area contributed by atoms with E-state index in [0.717, 1.165) is 22.6 Å². The molecule has 0 saturated carbocycles. The van der Waals surface area contributed by atoms with E-state index in [4.69, 9.17) is 8.83 Å². The topological polar surface area (TPSA) is 81.2 Å². The van der Waals surface area contributed by atoms with E-state index in [1.54, 1.807) is 12.3 Å². The fourth-order valence-corrected chi connectivity index (χ4v) is 2.86. The van der Waals surface area contributed by atoms with Gasteiger partial charge in [-0.15, -0.1) is 10.2 Å². The lowest BCUT2D eigenvalue weighted by Gasteiger charge is -2.05. The molecule has 6 nitrogen and oxygen atoms in total. The van der Waals surface area contributed by atoms with E-state index in [9.17, 15) is 4.79 Å². The first-order valence-corrected chi connectivity index (χ1v) is 8.47. The Morgan fingerprint density at radius 2 is 2.12 bits per heavy atom. The van der Waals surface area contributed by atoms with Crippen LogP contribution >= 0.6 is 11.8 Å². The minimum atomic E-state index is -0.0430. The van der Waals surface area contributed by atoms with Crippen molar-refractivity contribution in [2.75, 3.05) is 11.1 Å². The Labute approximate surface area is 143 Å². The second-order valence-corrected chi connectivity index (χ2v) is 6.33. The molecule has 2 aromatic heterocycles. The summed E-state index contributed by atoms with van der Waals surface area (Å²) in [5.41, 5.74) is 2.70. The van der Waals surface area contributed by atoms with Gasteiger partial charge in [0, 0.05) is 17.9 Å². The van der Waals surface area contributed by atoms with Gasteiger partial charge in [-0.2, -0.15) is 0 Å². The highest BCUT2D eigenvalue weighted by Gasteiger charge is 2.13. The third-order valence-corrected chi connectivity index (χ3v) is 4.17. The quantitative estimate of drug-likeness (QED) is 0.680. The second kappa shape index (κ2) is 7.35. The van der Waals surface area contributed by atoms with Crippen molar-refractivity contribution in [2.45, 2.75) is 25.5 Å². The van der Waals surface area contributed by atoms with E-state index in [1.807, 2.05) is 38.1 Å². The van der Waals surface area contributed by atoms with Gasteiger partial charge >= 0.3 is 0 Å². The number of carbonyl (C=O) groups excluding carboxylic acids is 1. The number of hydrogen-bond acceptors (Lipinski definition) is 6. The molecule has 0 unspecified atom stereocenters. The summed E-state index contributed by atoms with van der Waals surface area (Å²) >= 11 is 1.35. The average molecular weight is 343 g/mol. The highest BCUT2D eigenvalue weighted by atomic mass is 32.2. The molecule has 0 saturated heterocycles. The van der Waals surface area contributed by atoms with Crippen molar-refractivity contribution in [3.8, 4) is 11.5 Å². The Hall–Kier alpha value is -2.54. The van der Waals surface area contributed by atoms with Crippen LogP contribution in [0.2, 0.25) is 0 Å². The van der Waals surface area contributed by atoms with Crippen molar-refractivity contribution in [1.82, 2.24) is 10.2 Å². The molecule has 0 atom stereocenters. The number of rotatable bonds is 6. The van der Waals surface area contributed by atoms with Gasteiger partial charge in [0.2, 0.25) is 5.91 Å². The third-order valence-electron chi connectivity index (χ3n) is 3.35. The van der Waals surface area contributed by atoms with Crippen LogP contribution in [0.15, 0.2) is 50.7 Å². The van der Waals surface area contributed by atoms with Crippen molar-refractivity contribution in [3.05, 3.63) is 47.9 Å². The molecule has 1 aromatic carbocycles. The van der Waals surface area contributed by atoms with Crippen LogP contribution in [-0.4, -0.2) is 21.9 Å². The second-order valence-electron chi connectivity index (χ2n) is 5.28. The summed E-state index contributed by atoms with van der Waals surface area (Å²) in [5.74, 6) is 1.67. The molecule has 2 heterocycles. The number of furan rings is 1. The standard InChI is InChI=1S/C17H17N3O3S/c1-11-4-3-5-13(10-11)18-15(21)7-9-24-17-20-19-16(23-17)14-6-8-22-12(14)2/h3-6,8,10H,7,9H2,1-2H3,(H,18,21). The number of aromatic nitrogens is 2. The molecule has 3 aromatic rings. The summed E-state index contributed by atoms with van der Waals surface area (Å²) in [4.78, 5) is 11.9. The third kappa shape index (κ3) is 4.05. The Bertz CT molecular complexity index is 841. The summed E-state index contributed by atoms with van der Waals surface area (Å²) < 4.78 is 10.8. The van der Waals surface area contributed by atoms with E-state index in [-0.39, 0.29) is 5.91 Å². The fourth-order valence-electron chi connectivity index (χ4n) is 2.16. The number of nitrogens with one attached hydrogen (secondary N) is 1. The largest absolute Gasteiger partial charge is 0.469 e. The summed E-state index contributed by atoms with van der Waals surface area (Å²) in [5, 5.41) is 11.3. The van der Waals surface area contributed by atoms with E-state index in [0.29, 0.717) is 23.3 Å². The molecule has 124 valence electrons. The van der Waals surface area contributed by atoms with E-state index >= 15 is 0 Å². The number of nitrogens with zero attached hydrogens (tertiary/aromatic N) is 2. The van der Waals surface area contributed by atoms with Gasteiger partial charge in [0.05, 0.1) is 11.8 Å². The Morgan fingerprint density at radius 3 is 2.88 bits per heavy atom. The molecule has 1 amide bonds. The summed E-state index contributed by atoms with van der Waals surface area (Å²) in [6, 6.07) is 9.49. The Kier molecular flexibility index (Phi) is 5.00. The molecule has 0 radical (unpaired) electrons. The van der Waals surface area contributed by atoms with Crippen LogP contribution in [0.3, 0.4) is 0 Å². The van der Waals surface area contributed by atoms with Crippen LogP contribution in [0.25, 0.3) is 11.5 Å². The molecule has 0 spiro atoms. The highest BCUT2D eigenvalue weighted by Crippen LogP contribution is 2.26. The molecular formula is C17H17N3O3S. The average Bonchev–Trinajstić information content (AvgIpc) is 3.16. The number of thioether (sulfide) groups is 1. The van der Waals surface area contributed by atoms with Crippen LogP contribution < -0.4 is 5.32 Å². The highest BCUT2D eigenvalue weighted by molar-refractivity contribution is 7.99. The number of benzene rings is 1. The van der Waals surface area contributed by atoms with Gasteiger partial charge in [-0.3, -0.25) is 4.79 Å². The molecule has 7 heteroatoms. The van der Waals surface area contributed by atoms with Gasteiger partial charge in [-0.25, -0.2) is 0 Å². The van der Waals surface area contributed by atoms with Gasteiger partial charge in [0.25, 0.3) is 11.1 Å². The molecule has 0 aliphatic carbocycles. The molecule has 0 bridgehead atoms. The van der Waals surface area contributed by atoms with Gasteiger partial charge in [0.15, 0.2) is 0 Å². The maximum Gasteiger partial charge on any atom is 0.276 e. The minimum absolute atomic E-state index is 0.0430. The fraction of sp³-hybridized carbons (Fsp3) is 0.235. The lowest BCUT2D eigenvalue weighted by Crippen LogP contribution is -2.12. The zero-order valence-electron chi connectivity index (χ0n) is 13.4. The normalized spacial score (nSPS) is 10.8. The molecule has 0 aliphatic rings. The van der Waals surface area contributed by atoms with Gasteiger partial charge in [0.1, 0.15) is 5.76 Å². The zero-order valence-corrected chi connectivity index (χ0v) is 14.2. The molecule has 3 rings (SSSR count). The van der Waals surface area contributed by atoms with Gasteiger partial charge in [-0.1, -0.05) is 23.9 Å². The van der Waals surface area contributed by atoms with Gasteiger partial charge < -0.3 is 14.2 Å². The van der Waals surface area contributed by atoms with Crippen molar-refractivity contribution in [2.24, 2.45) is 0 Å². The Balaban J connectivity index is 1.49. The zero-order chi connectivity index (χ0) is 16.9. The predicted octanol–water partition coefficient (Wildman–Crippen LogP) is 4.07. The van der Waals surface area contributed by atoms with E-state index in [1.165, 1.54) is 11.8 Å². The number of carbonyl (C=O) groups is 1. The molecule has 0 aliphatic heterocycles. The maximum atomic E-state index is 11.9. The van der Waals surface area contributed by atoms with Crippen molar-refractivity contribution in [1.29, 1.82) is 0 Å². The molecule has 1 N–H and O–H groups in total. The molecular weight excluding hydrogens is 326 g/mol. The van der Waals surface area contributed by atoms with Crippen LogP contribution in [0.4, 0.5) is 5.69 Å². The Morgan fingerprint density at radius 1 is 1.25 bits per heavy atom. The minimum Gasteiger partial charge on any atom is -0.469 e. The van der Waals surface area contributed by atoms with Gasteiger partial charge in [-0.05, 0) is 37.6 Å². The van der Waals surface area contributed by atoms with E-state index < -0.39 is 0 Å². The van der Waals surface area contributed by atoms with Crippen molar-refractivity contribution < 1.29 is 13.6 Å². The smallest absolute Gasteiger partial charge is 0.276 e. The molecule has 0 fully saturated rings. The van der Waals surface area contributed by atoms with Crippen molar-refractivity contribution in [3.63, 3.8) is 0 Å². The number of aryl methyl sites for hydroxylation is 2. The molecule has 24 heavy (non-hydrogen) atoms. The van der Waals surface area contributed by atoms with Crippen LogP contribution in [0.5, 0.6) is 0 Å². The SMILES string of the molecule is Cc1cccc(NC(=O)CCSc2nnc(-c3ccoc3C)o2)c1. The summed E-state index contributed by atoms with van der Waals surface area (Å²) in [6.45, 7) is 3.82. The lowest BCUT2D eigenvalue weighted by atomic mass is 10.2. The summed E-state index contributed by atoms with van der Waals surface area (Å²) in [7, 11) is 0. The first-order valence-electron chi connectivity index (χ1n) is 7.49. The lowest BCUT2D eigenvalue weighted by molar-refractivity contribution is -0.115. The van der Waals surface area contributed by atoms with Crippen LogP contribution in [-0.2, 0) is 4.79 Å². The number of hydrogen-bond donors (Lipinski definition) is 1. The van der Waals surface area contributed by atoms with E-state index in [2.05, 4.69) is 15.5 Å². The maximum absolute atomic E-state index is 11.9. The monoisotopic (exact) mass is 343 g/mol. The first-order chi connectivity index (χ1) is 11.6. The predicted molar refractivity (Wildman–Crippen MR) is 91.9 cm³/mol. The van der Waals surface area contributed by atoms with Crippen molar-refractivity contribution >= 4 is 23.4 Å². The van der Waals surface area contributed by atoms with Crippen LogP contribution in [0.1, 0.15) is 17.7 Å². The van der Waals surface area contributed by atoms with Crippen LogP contribution in [0, 0.1) is 13.8 Å². The summed E-state index contributed by atoms with van der Waals surface area (Å²) in [6.07, 6.45) is 1.94. The number of amides is 1. The number of anilines is 1. The first kappa shape index (κ1) is 16.3.